The lowest BCUT2D eigenvalue weighted by molar-refractivity contribution is 0.220. The van der Waals surface area contributed by atoms with Gasteiger partial charge in [-0.15, -0.1) is 0 Å². The molecule has 5 aliphatic rings. The molecule has 0 bridgehead atoms. The lowest BCUT2D eigenvalue weighted by Crippen LogP contribution is -2.64. The largest absolute Gasteiger partial charge is 0.334 e. The fourth-order valence-electron chi connectivity index (χ4n) is 15.6. The highest BCUT2D eigenvalue weighted by atomic mass is 15.2. The number of allylic oxidation sites excluding steroid dienone is 4. The second-order valence-electron chi connectivity index (χ2n) is 28.8. The van der Waals surface area contributed by atoms with Crippen LogP contribution in [0.2, 0.25) is 0 Å². The topological polar surface area (TPSA) is 11.4 Å². The first-order chi connectivity index (χ1) is 45.9. The van der Waals surface area contributed by atoms with Crippen LogP contribution in [-0.4, -0.2) is 17.3 Å². The maximum atomic E-state index is 9.76. The molecule has 9 aromatic carbocycles. The van der Waals surface area contributed by atoms with Gasteiger partial charge in [0.25, 0.3) is 6.71 Å². The van der Waals surface area contributed by atoms with Crippen molar-refractivity contribution in [2.75, 3.05) is 9.80 Å². The monoisotopic (exact) mass is 1150 g/mol. The fraction of sp³-hybridized carbons (Fsp3) is 0.286. The number of para-hydroxylation sites is 2. The number of aromatic nitrogens is 1. The smallest absolute Gasteiger partial charge is 0.252 e. The molecule has 88 heavy (non-hydrogen) atoms. The molecule has 0 saturated heterocycles. The maximum Gasteiger partial charge on any atom is 0.252 e. The first-order valence-corrected chi connectivity index (χ1v) is 32.4. The average molecular weight is 1150 g/mol. The Morgan fingerprint density at radius 3 is 1.72 bits per heavy atom. The molecular formula is C84H84BN3. The molecule has 4 atom stereocenters. The Morgan fingerprint density at radius 2 is 1.12 bits per heavy atom. The normalized spacial score (nSPS) is 20.6. The predicted molar refractivity (Wildman–Crippen MR) is 378 cm³/mol. The van der Waals surface area contributed by atoms with Gasteiger partial charge >= 0.3 is 0 Å². The molecule has 0 amide bonds. The van der Waals surface area contributed by atoms with Crippen LogP contribution in [0.4, 0.5) is 28.4 Å². The highest BCUT2D eigenvalue weighted by Gasteiger charge is 2.50. The van der Waals surface area contributed by atoms with Gasteiger partial charge in [-0.1, -0.05) is 238 Å². The van der Waals surface area contributed by atoms with Gasteiger partial charge in [0.05, 0.1) is 33.7 Å². The van der Waals surface area contributed by atoms with Crippen molar-refractivity contribution in [2.24, 2.45) is 23.2 Å². The van der Waals surface area contributed by atoms with Crippen LogP contribution in [0.25, 0.3) is 60.9 Å². The van der Waals surface area contributed by atoms with Crippen LogP contribution >= 0.6 is 0 Å². The molecule has 10 aromatic rings. The van der Waals surface area contributed by atoms with Crippen LogP contribution in [0, 0.1) is 23.2 Å². The zero-order valence-corrected chi connectivity index (χ0v) is 52.6. The summed E-state index contributed by atoms with van der Waals surface area (Å²) in [5.74, 6) is 0.934. The Kier molecular flexibility index (Phi) is 11.8. The molecule has 0 N–H and O–H groups in total. The third kappa shape index (κ3) is 9.63. The Bertz CT molecular complexity index is 4770. The zero-order valence-electron chi connectivity index (χ0n) is 60.6. The molecule has 3 heterocycles. The predicted octanol–water partition coefficient (Wildman–Crippen LogP) is 21.0. The van der Waals surface area contributed by atoms with Gasteiger partial charge in [-0.3, -0.25) is 0 Å². The second kappa shape index (κ2) is 21.8. The molecule has 4 heteroatoms. The van der Waals surface area contributed by atoms with Crippen molar-refractivity contribution in [3.05, 3.63) is 247 Å². The fourth-order valence-corrected chi connectivity index (χ4v) is 15.6. The lowest BCUT2D eigenvalue weighted by atomic mass is 9.33. The van der Waals surface area contributed by atoms with E-state index in [1.165, 1.54) is 46.3 Å². The van der Waals surface area contributed by atoms with Gasteiger partial charge in [0.2, 0.25) is 0 Å². The Hall–Kier alpha value is -8.34. The van der Waals surface area contributed by atoms with Crippen LogP contribution < -0.4 is 26.2 Å². The molecule has 3 aliphatic carbocycles. The minimum absolute atomic E-state index is 0.0211. The summed E-state index contributed by atoms with van der Waals surface area (Å²) < 4.78 is 76.6. The van der Waals surface area contributed by atoms with E-state index < -0.39 is 24.2 Å². The summed E-state index contributed by atoms with van der Waals surface area (Å²) in [5.41, 5.74) is 20.6. The Morgan fingerprint density at radius 1 is 0.534 bits per heavy atom. The van der Waals surface area contributed by atoms with Crippen LogP contribution in [0.15, 0.2) is 235 Å². The van der Waals surface area contributed by atoms with Gasteiger partial charge in [-0.2, -0.15) is 0 Å². The van der Waals surface area contributed by atoms with E-state index in [9.17, 15) is 8.22 Å². The standard InChI is InChI=1S/C84H84BN3/c1-82(2,3)61-48-67(56-31-17-11-18-32-56)80(68(49-61)57-33-19-12-20-34-57)87-75-47-60(55-29-15-10-16-30-55)43-45-71(75)85-72-46-44-64(86-73-41-27-25-39-65(73)66-40-26-28-42-74(66)86)54-76(72)88(78-53-63(84(7,8)9)52-77(87)79(78)85)81-69(58-35-21-13-22-36-58)50-62(83(4,5)6)51-70(81)59-37-23-14-24-38-59/h10-11,13-17,21-30,33,35-48,50-54,56,61,68,80H,12,18-20,31-32,34,49H2,1-9H3/i25D,26D,27D,28D,39D,40D,41D,42D. The number of benzene rings is 9. The molecule has 438 valence electrons. The number of anilines is 5. The summed E-state index contributed by atoms with van der Waals surface area (Å²) in [6, 6.07) is 52.5. The van der Waals surface area contributed by atoms with E-state index in [0.29, 0.717) is 17.5 Å². The van der Waals surface area contributed by atoms with Crippen molar-refractivity contribution in [3.8, 4) is 39.1 Å². The van der Waals surface area contributed by atoms with Gasteiger partial charge in [-0.25, -0.2) is 0 Å². The van der Waals surface area contributed by atoms with Crippen LogP contribution in [0.5, 0.6) is 0 Å². The summed E-state index contributed by atoms with van der Waals surface area (Å²) in [4.78, 5) is 5.41. The van der Waals surface area contributed by atoms with E-state index in [0.717, 1.165) is 94.4 Å². The van der Waals surface area contributed by atoms with Crippen molar-refractivity contribution in [2.45, 2.75) is 131 Å². The minimum atomic E-state index is -0.471. The van der Waals surface area contributed by atoms with E-state index in [1.54, 1.807) is 15.7 Å². The molecule has 0 radical (unpaired) electrons. The molecular weight excluding hydrogens is 1060 g/mol. The number of nitrogens with zero attached hydrogens (tertiary/aromatic N) is 3. The van der Waals surface area contributed by atoms with Crippen molar-refractivity contribution in [1.82, 2.24) is 4.57 Å². The van der Waals surface area contributed by atoms with E-state index in [4.69, 9.17) is 2.74 Å². The van der Waals surface area contributed by atoms with Crippen molar-refractivity contribution < 1.29 is 11.0 Å². The number of hydrogen-bond acceptors (Lipinski definition) is 2. The molecule has 1 aromatic heterocycles. The van der Waals surface area contributed by atoms with Crippen molar-refractivity contribution in [1.29, 1.82) is 0 Å². The minimum Gasteiger partial charge on any atom is -0.334 e. The Labute approximate surface area is 535 Å². The first-order valence-electron chi connectivity index (χ1n) is 36.4. The van der Waals surface area contributed by atoms with E-state index >= 15 is 0 Å². The van der Waals surface area contributed by atoms with Gasteiger partial charge in [-0.05, 0) is 189 Å². The lowest BCUT2D eigenvalue weighted by Gasteiger charge is -2.53. The summed E-state index contributed by atoms with van der Waals surface area (Å²) in [6.07, 6.45) is 19.0. The third-order valence-corrected chi connectivity index (χ3v) is 20.3. The molecule has 0 saturated carbocycles. The van der Waals surface area contributed by atoms with Crippen molar-refractivity contribution in [3.63, 3.8) is 0 Å². The summed E-state index contributed by atoms with van der Waals surface area (Å²) in [6.45, 7) is 20.9. The zero-order chi connectivity index (χ0) is 67.2. The molecule has 0 spiro atoms. The van der Waals surface area contributed by atoms with E-state index in [2.05, 4.69) is 242 Å². The maximum absolute atomic E-state index is 9.76. The number of fused-ring (bicyclic) bond motifs is 7. The molecule has 2 aliphatic heterocycles. The van der Waals surface area contributed by atoms with Crippen LogP contribution in [0.1, 0.15) is 136 Å². The van der Waals surface area contributed by atoms with Crippen LogP contribution in [-0.2, 0) is 10.8 Å². The Balaban J connectivity index is 1.14. The SMILES string of the molecule is [2H]c1c([2H])c([2H])c2c(c1[2H])c1c([2H])c([2H])c([2H])c([2H])c1n2-c1ccc2c(c1)N(c1c(-c3ccccc3)cc(C(C)(C)C)cc1-c1ccccc1)c1cc(C(C)(C)C)cc3c1B2c1ccc(-c2ccccc2)cc1N3C1C(C2CC=CCC2)=CC(C(C)(C)C)CC1C1=CCCCC1. The molecule has 4 unspecified atom stereocenters. The summed E-state index contributed by atoms with van der Waals surface area (Å²) in [7, 11) is 0. The highest BCUT2D eigenvalue weighted by molar-refractivity contribution is 7.00. The van der Waals surface area contributed by atoms with E-state index in [1.807, 2.05) is 6.07 Å². The quantitative estimate of drug-likeness (QED) is 0.111. The van der Waals surface area contributed by atoms with Crippen LogP contribution in [0.3, 0.4) is 0 Å². The van der Waals surface area contributed by atoms with Gasteiger partial charge in [0.1, 0.15) is 0 Å². The third-order valence-electron chi connectivity index (χ3n) is 20.3. The van der Waals surface area contributed by atoms with E-state index in [-0.39, 0.29) is 80.9 Å². The molecule has 15 rings (SSSR count). The number of hydrogen-bond donors (Lipinski definition) is 0. The van der Waals surface area contributed by atoms with Crippen molar-refractivity contribution >= 4 is 73.3 Å². The average Bonchev–Trinajstić information content (AvgIpc) is 1.26. The van der Waals surface area contributed by atoms with Gasteiger partial charge < -0.3 is 14.4 Å². The first kappa shape index (κ1) is 47.7. The highest BCUT2D eigenvalue weighted by Crippen LogP contribution is 2.56. The number of rotatable bonds is 8. The van der Waals surface area contributed by atoms with Gasteiger partial charge in [0, 0.05) is 56.3 Å². The molecule has 0 fully saturated rings. The summed E-state index contributed by atoms with van der Waals surface area (Å²) >= 11 is 0. The second-order valence-corrected chi connectivity index (χ2v) is 28.8. The van der Waals surface area contributed by atoms with Gasteiger partial charge in [0.15, 0.2) is 0 Å². The summed E-state index contributed by atoms with van der Waals surface area (Å²) in [5, 5.41) is 0.0924. The molecule has 3 nitrogen and oxygen atoms in total.